The number of carbonyl (C=O) groups excluding carboxylic acids is 2. The highest BCUT2D eigenvalue weighted by Gasteiger charge is 2.40. The molecule has 1 aliphatic heterocycles. The zero-order valence-corrected chi connectivity index (χ0v) is 12.4. The molecule has 104 valence electrons. The summed E-state index contributed by atoms with van der Waals surface area (Å²) in [5.41, 5.74) is 3.82. The van der Waals surface area contributed by atoms with E-state index in [-0.39, 0.29) is 11.8 Å². The van der Waals surface area contributed by atoms with Crippen molar-refractivity contribution in [3.63, 3.8) is 0 Å². The normalized spacial score (nSPS) is 18.9. The predicted molar refractivity (Wildman–Crippen MR) is 78.9 cm³/mol. The summed E-state index contributed by atoms with van der Waals surface area (Å²) in [7, 11) is 0. The molecule has 1 aromatic rings. The number of rotatable bonds is 1. The van der Waals surface area contributed by atoms with E-state index in [1.807, 2.05) is 26.0 Å². The van der Waals surface area contributed by atoms with Crippen LogP contribution in [-0.2, 0) is 9.59 Å². The lowest BCUT2D eigenvalue weighted by atomic mass is 9.93. The van der Waals surface area contributed by atoms with E-state index < -0.39 is 0 Å². The number of hydrogen-bond donors (Lipinski definition) is 0. The molecule has 0 aromatic heterocycles. The largest absolute Gasteiger partial charge is 0.269 e. The fourth-order valence-electron chi connectivity index (χ4n) is 2.96. The molecule has 2 aliphatic rings. The summed E-state index contributed by atoms with van der Waals surface area (Å²) in [6.45, 7) is 3.75. The average molecular weight is 290 g/mol. The lowest BCUT2D eigenvalue weighted by Gasteiger charge is -2.19. The molecule has 0 radical (unpaired) electrons. The summed E-state index contributed by atoms with van der Waals surface area (Å²) in [6.07, 6.45) is 3.43. The van der Waals surface area contributed by atoms with Crippen LogP contribution in [0.4, 0.5) is 5.69 Å². The number of hydrogen-bond acceptors (Lipinski definition) is 2. The maximum atomic E-state index is 12.5. The number of benzene rings is 1. The van der Waals surface area contributed by atoms with E-state index in [0.29, 0.717) is 21.9 Å². The molecule has 1 heterocycles. The van der Waals surface area contributed by atoms with Gasteiger partial charge in [-0.1, -0.05) is 11.6 Å². The van der Waals surface area contributed by atoms with Gasteiger partial charge in [-0.3, -0.25) is 9.59 Å². The summed E-state index contributed by atoms with van der Waals surface area (Å²) in [4.78, 5) is 26.4. The van der Waals surface area contributed by atoms with Crippen LogP contribution in [0, 0.1) is 13.8 Å². The second-order valence-corrected chi connectivity index (χ2v) is 5.91. The van der Waals surface area contributed by atoms with Crippen LogP contribution in [0.15, 0.2) is 23.3 Å². The summed E-state index contributed by atoms with van der Waals surface area (Å²) in [5.74, 6) is -0.288. The Balaban J connectivity index is 2.07. The molecule has 3 nitrogen and oxygen atoms in total. The van der Waals surface area contributed by atoms with Crippen LogP contribution in [0.25, 0.3) is 0 Å². The van der Waals surface area contributed by atoms with Crippen molar-refractivity contribution in [3.8, 4) is 0 Å². The Morgan fingerprint density at radius 3 is 2.05 bits per heavy atom. The van der Waals surface area contributed by atoms with Gasteiger partial charge in [0.2, 0.25) is 0 Å². The molecule has 0 saturated carbocycles. The molecule has 0 fully saturated rings. The smallest absolute Gasteiger partial charge is 0.261 e. The molecular formula is C16H16ClNO2. The number of imide groups is 1. The molecule has 1 aromatic carbocycles. The zero-order valence-electron chi connectivity index (χ0n) is 11.6. The van der Waals surface area contributed by atoms with Gasteiger partial charge in [0.1, 0.15) is 0 Å². The molecule has 0 spiro atoms. The minimum Gasteiger partial charge on any atom is -0.269 e. The third-order valence-electron chi connectivity index (χ3n) is 4.11. The minimum absolute atomic E-state index is 0.144. The first-order valence-corrected chi connectivity index (χ1v) is 7.26. The van der Waals surface area contributed by atoms with Crippen molar-refractivity contribution >= 4 is 29.1 Å². The van der Waals surface area contributed by atoms with Crippen molar-refractivity contribution in [3.05, 3.63) is 39.4 Å². The lowest BCUT2D eigenvalue weighted by molar-refractivity contribution is -0.120. The van der Waals surface area contributed by atoms with Gasteiger partial charge in [-0.15, -0.1) is 0 Å². The summed E-state index contributed by atoms with van der Waals surface area (Å²) in [6, 6.07) is 3.63. The first-order valence-electron chi connectivity index (χ1n) is 6.88. The molecule has 1 aliphatic carbocycles. The highest BCUT2D eigenvalue weighted by atomic mass is 35.5. The standard InChI is InChI=1S/C16H16ClNO2/c1-9-8-14(10(2)7-13(9)17)18-15(19)11-5-3-4-6-12(11)16(18)20/h7-8H,3-6H2,1-2H3. The first-order chi connectivity index (χ1) is 9.50. The summed E-state index contributed by atoms with van der Waals surface area (Å²) >= 11 is 6.09. The predicted octanol–water partition coefficient (Wildman–Crippen LogP) is 3.70. The van der Waals surface area contributed by atoms with Crippen LogP contribution in [-0.4, -0.2) is 11.8 Å². The number of amides is 2. The number of anilines is 1. The van der Waals surface area contributed by atoms with Crippen molar-refractivity contribution in [2.24, 2.45) is 0 Å². The quantitative estimate of drug-likeness (QED) is 0.739. The van der Waals surface area contributed by atoms with Crippen molar-refractivity contribution in [2.75, 3.05) is 4.90 Å². The van der Waals surface area contributed by atoms with Crippen molar-refractivity contribution < 1.29 is 9.59 Å². The Morgan fingerprint density at radius 2 is 1.50 bits per heavy atom. The van der Waals surface area contributed by atoms with Gasteiger partial charge in [0, 0.05) is 16.2 Å². The molecule has 0 saturated heterocycles. The van der Waals surface area contributed by atoms with Crippen LogP contribution in [0.1, 0.15) is 36.8 Å². The zero-order chi connectivity index (χ0) is 14.4. The Bertz CT molecular complexity index is 633. The molecule has 2 amide bonds. The number of aryl methyl sites for hydroxylation is 2. The Labute approximate surface area is 123 Å². The minimum atomic E-state index is -0.144. The topological polar surface area (TPSA) is 37.4 Å². The van der Waals surface area contributed by atoms with Gasteiger partial charge in [0.05, 0.1) is 5.69 Å². The van der Waals surface area contributed by atoms with Gasteiger partial charge >= 0.3 is 0 Å². The monoisotopic (exact) mass is 289 g/mol. The average Bonchev–Trinajstić information content (AvgIpc) is 2.68. The van der Waals surface area contributed by atoms with E-state index in [4.69, 9.17) is 11.6 Å². The van der Waals surface area contributed by atoms with Crippen LogP contribution >= 0.6 is 11.6 Å². The van der Waals surface area contributed by atoms with E-state index in [0.717, 1.165) is 36.8 Å². The van der Waals surface area contributed by atoms with Crippen LogP contribution < -0.4 is 4.90 Å². The van der Waals surface area contributed by atoms with Gasteiger partial charge < -0.3 is 0 Å². The fraction of sp³-hybridized carbons (Fsp3) is 0.375. The van der Waals surface area contributed by atoms with Gasteiger partial charge in [-0.05, 0) is 62.8 Å². The number of carbonyl (C=O) groups is 2. The van der Waals surface area contributed by atoms with Gasteiger partial charge in [-0.25, -0.2) is 4.90 Å². The Morgan fingerprint density at radius 1 is 0.950 bits per heavy atom. The van der Waals surface area contributed by atoms with E-state index in [1.165, 1.54) is 4.90 Å². The molecule has 0 atom stereocenters. The van der Waals surface area contributed by atoms with Crippen LogP contribution in [0.2, 0.25) is 5.02 Å². The maximum Gasteiger partial charge on any atom is 0.261 e. The fourth-order valence-corrected chi connectivity index (χ4v) is 3.18. The molecule has 0 unspecified atom stereocenters. The third kappa shape index (κ3) is 1.88. The Kier molecular flexibility index (Phi) is 3.17. The summed E-state index contributed by atoms with van der Waals surface area (Å²) in [5, 5.41) is 0.656. The van der Waals surface area contributed by atoms with E-state index in [2.05, 4.69) is 0 Å². The highest BCUT2D eigenvalue weighted by Crippen LogP contribution is 2.37. The van der Waals surface area contributed by atoms with Crippen molar-refractivity contribution in [1.82, 2.24) is 0 Å². The second kappa shape index (κ2) is 4.74. The van der Waals surface area contributed by atoms with Gasteiger partial charge in [-0.2, -0.15) is 0 Å². The van der Waals surface area contributed by atoms with Crippen LogP contribution in [0.5, 0.6) is 0 Å². The molecule has 0 N–H and O–H groups in total. The first kappa shape index (κ1) is 13.4. The second-order valence-electron chi connectivity index (χ2n) is 5.50. The third-order valence-corrected chi connectivity index (χ3v) is 4.52. The lowest BCUT2D eigenvalue weighted by Crippen LogP contribution is -2.32. The number of halogens is 1. The molecule has 4 heteroatoms. The van der Waals surface area contributed by atoms with E-state index in [1.54, 1.807) is 0 Å². The van der Waals surface area contributed by atoms with Gasteiger partial charge in [0.15, 0.2) is 0 Å². The highest BCUT2D eigenvalue weighted by molar-refractivity contribution is 6.34. The van der Waals surface area contributed by atoms with Gasteiger partial charge in [0.25, 0.3) is 11.8 Å². The number of nitrogens with zero attached hydrogens (tertiary/aromatic N) is 1. The maximum absolute atomic E-state index is 12.5. The van der Waals surface area contributed by atoms with Crippen LogP contribution in [0.3, 0.4) is 0 Å². The SMILES string of the molecule is Cc1cc(N2C(=O)C3=C(CCCC3)C2=O)c(C)cc1Cl. The Hall–Kier alpha value is -1.61. The molecular weight excluding hydrogens is 274 g/mol. The van der Waals surface area contributed by atoms with Crippen molar-refractivity contribution in [1.29, 1.82) is 0 Å². The van der Waals surface area contributed by atoms with E-state index in [9.17, 15) is 9.59 Å². The molecule has 20 heavy (non-hydrogen) atoms. The van der Waals surface area contributed by atoms with Crippen molar-refractivity contribution in [2.45, 2.75) is 39.5 Å². The molecule has 3 rings (SSSR count). The summed E-state index contributed by atoms with van der Waals surface area (Å²) < 4.78 is 0. The van der Waals surface area contributed by atoms with E-state index >= 15 is 0 Å². The molecule has 0 bridgehead atoms.